The Morgan fingerprint density at radius 2 is 2.10 bits per heavy atom. The summed E-state index contributed by atoms with van der Waals surface area (Å²) < 4.78 is 0. The van der Waals surface area contributed by atoms with Crippen LogP contribution in [0.4, 0.5) is 0 Å². The van der Waals surface area contributed by atoms with E-state index in [1.54, 1.807) is 0 Å². The van der Waals surface area contributed by atoms with Crippen LogP contribution in [-0.2, 0) is 4.79 Å². The first-order chi connectivity index (χ1) is 9.40. The number of nitrogens with one attached hydrogen (secondary N) is 2. The number of amides is 1. The van der Waals surface area contributed by atoms with Gasteiger partial charge in [0.05, 0.1) is 6.54 Å². The minimum Gasteiger partial charge on any atom is -0.352 e. The number of rotatable bonds is 3. The normalized spacial score (nSPS) is 34.7. The summed E-state index contributed by atoms with van der Waals surface area (Å²) >= 11 is 0. The molecule has 3 atom stereocenters. The number of nitrogens with zero attached hydrogens (tertiary/aromatic N) is 1. The third-order valence-corrected chi connectivity index (χ3v) is 5.36. The molecular formula is C16H31N3O. The van der Waals surface area contributed by atoms with Crippen LogP contribution in [-0.4, -0.2) is 48.6 Å². The standard InChI is InChI=1S/C16H31N3O/c1-12-6-5-7-14(13(12)2)18-15(20)10-19-9-8-17-11-16(19,3)4/h12-14,17H,5-11H2,1-4H3,(H,18,20). The topological polar surface area (TPSA) is 44.4 Å². The van der Waals surface area contributed by atoms with Crippen LogP contribution in [0.5, 0.6) is 0 Å². The van der Waals surface area contributed by atoms with E-state index < -0.39 is 0 Å². The number of piperazine rings is 1. The molecule has 0 spiro atoms. The van der Waals surface area contributed by atoms with Gasteiger partial charge in [-0.05, 0) is 32.1 Å². The zero-order chi connectivity index (χ0) is 14.8. The van der Waals surface area contributed by atoms with E-state index in [1.807, 2.05) is 0 Å². The predicted octanol–water partition coefficient (Wildman–Crippen LogP) is 1.61. The summed E-state index contributed by atoms with van der Waals surface area (Å²) in [7, 11) is 0. The van der Waals surface area contributed by atoms with Gasteiger partial charge >= 0.3 is 0 Å². The van der Waals surface area contributed by atoms with Gasteiger partial charge in [-0.25, -0.2) is 0 Å². The molecule has 0 aromatic rings. The lowest BCUT2D eigenvalue weighted by Crippen LogP contribution is -2.60. The molecule has 20 heavy (non-hydrogen) atoms. The maximum absolute atomic E-state index is 12.3. The second kappa shape index (κ2) is 6.44. The van der Waals surface area contributed by atoms with E-state index in [4.69, 9.17) is 0 Å². The molecule has 0 bridgehead atoms. The molecule has 1 heterocycles. The molecule has 4 heteroatoms. The van der Waals surface area contributed by atoms with Gasteiger partial charge in [0, 0.05) is 31.2 Å². The molecule has 0 aromatic heterocycles. The summed E-state index contributed by atoms with van der Waals surface area (Å²) in [6.07, 6.45) is 3.69. The van der Waals surface area contributed by atoms with E-state index in [1.165, 1.54) is 12.8 Å². The molecule has 0 aromatic carbocycles. The fourth-order valence-electron chi connectivity index (χ4n) is 3.53. The van der Waals surface area contributed by atoms with Crippen molar-refractivity contribution in [2.24, 2.45) is 11.8 Å². The molecule has 3 unspecified atom stereocenters. The van der Waals surface area contributed by atoms with Crippen molar-refractivity contribution in [2.45, 2.75) is 58.5 Å². The Balaban J connectivity index is 1.85. The SMILES string of the molecule is CC1CCCC(NC(=O)CN2CCNCC2(C)C)C1C. The molecule has 2 fully saturated rings. The molecule has 1 amide bonds. The van der Waals surface area contributed by atoms with Gasteiger partial charge in [0.2, 0.25) is 5.91 Å². The maximum Gasteiger partial charge on any atom is 0.234 e. The molecule has 2 aliphatic rings. The zero-order valence-electron chi connectivity index (χ0n) is 13.5. The van der Waals surface area contributed by atoms with Gasteiger partial charge < -0.3 is 10.6 Å². The first kappa shape index (κ1) is 15.8. The molecule has 2 N–H and O–H groups in total. The largest absolute Gasteiger partial charge is 0.352 e. The van der Waals surface area contributed by atoms with Crippen LogP contribution in [0.1, 0.15) is 47.0 Å². The Morgan fingerprint density at radius 3 is 2.80 bits per heavy atom. The van der Waals surface area contributed by atoms with Gasteiger partial charge in [-0.3, -0.25) is 9.69 Å². The van der Waals surface area contributed by atoms with Crippen LogP contribution in [0.25, 0.3) is 0 Å². The highest BCUT2D eigenvalue weighted by atomic mass is 16.2. The van der Waals surface area contributed by atoms with Crippen molar-refractivity contribution >= 4 is 5.91 Å². The maximum atomic E-state index is 12.3. The van der Waals surface area contributed by atoms with Gasteiger partial charge in [-0.2, -0.15) is 0 Å². The van der Waals surface area contributed by atoms with E-state index >= 15 is 0 Å². The highest BCUT2D eigenvalue weighted by molar-refractivity contribution is 5.78. The summed E-state index contributed by atoms with van der Waals surface area (Å²) in [5.74, 6) is 1.53. The molecule has 1 saturated carbocycles. The highest BCUT2D eigenvalue weighted by Crippen LogP contribution is 2.29. The Morgan fingerprint density at radius 1 is 1.35 bits per heavy atom. The first-order valence-electron chi connectivity index (χ1n) is 8.15. The van der Waals surface area contributed by atoms with E-state index in [2.05, 4.69) is 43.2 Å². The quantitative estimate of drug-likeness (QED) is 0.826. The number of hydrogen-bond acceptors (Lipinski definition) is 3. The minimum absolute atomic E-state index is 0.0705. The average Bonchev–Trinajstić information content (AvgIpc) is 2.37. The summed E-state index contributed by atoms with van der Waals surface area (Å²) in [5, 5.41) is 6.68. The van der Waals surface area contributed by atoms with Crippen molar-refractivity contribution in [2.75, 3.05) is 26.2 Å². The lowest BCUT2D eigenvalue weighted by molar-refractivity contribution is -0.125. The van der Waals surface area contributed by atoms with E-state index in [-0.39, 0.29) is 11.4 Å². The van der Waals surface area contributed by atoms with Gasteiger partial charge in [-0.1, -0.05) is 26.7 Å². The molecule has 1 aliphatic carbocycles. The number of carbonyl (C=O) groups is 1. The van der Waals surface area contributed by atoms with Gasteiger partial charge in [-0.15, -0.1) is 0 Å². The zero-order valence-corrected chi connectivity index (χ0v) is 13.5. The summed E-state index contributed by atoms with van der Waals surface area (Å²) in [5.41, 5.74) is 0.0705. The average molecular weight is 281 g/mol. The van der Waals surface area contributed by atoms with Gasteiger partial charge in [0.25, 0.3) is 0 Å². The predicted molar refractivity (Wildman–Crippen MR) is 82.6 cm³/mol. The molecule has 1 saturated heterocycles. The molecule has 0 radical (unpaired) electrons. The van der Waals surface area contributed by atoms with E-state index in [0.29, 0.717) is 18.5 Å². The molecule has 1 aliphatic heterocycles. The van der Waals surface area contributed by atoms with Crippen molar-refractivity contribution in [3.05, 3.63) is 0 Å². The summed E-state index contributed by atoms with van der Waals surface area (Å²) in [6, 6.07) is 0.372. The number of carbonyl (C=O) groups excluding carboxylic acids is 1. The van der Waals surface area contributed by atoms with Crippen LogP contribution in [0, 0.1) is 11.8 Å². The second-order valence-electron chi connectivity index (χ2n) is 7.35. The van der Waals surface area contributed by atoms with Crippen molar-refractivity contribution in [3.8, 4) is 0 Å². The van der Waals surface area contributed by atoms with Gasteiger partial charge in [0.1, 0.15) is 0 Å². The Bertz CT molecular complexity index is 343. The van der Waals surface area contributed by atoms with Crippen LogP contribution >= 0.6 is 0 Å². The third kappa shape index (κ3) is 3.73. The van der Waals surface area contributed by atoms with Crippen molar-refractivity contribution in [1.82, 2.24) is 15.5 Å². The van der Waals surface area contributed by atoms with Crippen molar-refractivity contribution in [1.29, 1.82) is 0 Å². The van der Waals surface area contributed by atoms with Crippen molar-refractivity contribution in [3.63, 3.8) is 0 Å². The molecule has 4 nitrogen and oxygen atoms in total. The van der Waals surface area contributed by atoms with Crippen LogP contribution in [0.15, 0.2) is 0 Å². The van der Waals surface area contributed by atoms with Crippen LogP contribution in [0.3, 0.4) is 0 Å². The lowest BCUT2D eigenvalue weighted by atomic mass is 9.78. The van der Waals surface area contributed by atoms with Crippen LogP contribution in [0.2, 0.25) is 0 Å². The third-order valence-electron chi connectivity index (χ3n) is 5.36. The van der Waals surface area contributed by atoms with E-state index in [0.717, 1.165) is 32.0 Å². The summed E-state index contributed by atoms with van der Waals surface area (Å²) in [6.45, 7) is 12.4. The highest BCUT2D eigenvalue weighted by Gasteiger charge is 2.32. The first-order valence-corrected chi connectivity index (χ1v) is 8.15. The minimum atomic E-state index is 0.0705. The summed E-state index contributed by atoms with van der Waals surface area (Å²) in [4.78, 5) is 14.6. The Kier molecular flexibility index (Phi) is 5.08. The molecular weight excluding hydrogens is 250 g/mol. The molecule has 2 rings (SSSR count). The fourth-order valence-corrected chi connectivity index (χ4v) is 3.53. The smallest absolute Gasteiger partial charge is 0.234 e. The van der Waals surface area contributed by atoms with Gasteiger partial charge in [0.15, 0.2) is 0 Å². The Hall–Kier alpha value is -0.610. The lowest BCUT2D eigenvalue weighted by Gasteiger charge is -2.43. The van der Waals surface area contributed by atoms with E-state index in [9.17, 15) is 4.79 Å². The second-order valence-corrected chi connectivity index (χ2v) is 7.35. The van der Waals surface area contributed by atoms with Crippen LogP contribution < -0.4 is 10.6 Å². The Labute approximate surface area is 123 Å². The monoisotopic (exact) mass is 281 g/mol. The molecule has 116 valence electrons. The van der Waals surface area contributed by atoms with Crippen molar-refractivity contribution < 1.29 is 4.79 Å². The fraction of sp³-hybridized carbons (Fsp3) is 0.938. The number of hydrogen-bond donors (Lipinski definition) is 2.